The fourth-order valence-corrected chi connectivity index (χ4v) is 4.49. The first-order chi connectivity index (χ1) is 10.3. The summed E-state index contributed by atoms with van der Waals surface area (Å²) in [6.07, 6.45) is 1.07. The van der Waals surface area contributed by atoms with Gasteiger partial charge in [-0.15, -0.1) is 22.7 Å². The van der Waals surface area contributed by atoms with Crippen LogP contribution in [0.5, 0.6) is 0 Å². The summed E-state index contributed by atoms with van der Waals surface area (Å²) in [6, 6.07) is 15.9. The molecule has 3 heterocycles. The highest BCUT2D eigenvalue weighted by atomic mass is 32.1. The topological polar surface area (TPSA) is 38.1 Å². The first-order valence-electron chi connectivity index (χ1n) is 6.57. The van der Waals surface area contributed by atoms with Gasteiger partial charge in [0.15, 0.2) is 0 Å². The van der Waals surface area contributed by atoms with Crippen LogP contribution in [0, 0.1) is 0 Å². The van der Waals surface area contributed by atoms with Crippen LogP contribution in [0.25, 0.3) is 15.1 Å². The number of hydrogen-bond donors (Lipinski definition) is 1. The maximum atomic E-state index is 10.7. The Morgan fingerprint density at radius 2 is 1.90 bits per heavy atom. The molecule has 0 aliphatic rings. The number of hydrogen-bond acceptors (Lipinski definition) is 4. The van der Waals surface area contributed by atoms with Crippen LogP contribution in [0.15, 0.2) is 60.1 Å². The molecule has 0 saturated heterocycles. The standard InChI is InChI=1S/C16H12N2OS2/c19-16(15-10-14-13(21-15)7-9-20-14)12-6-8-17-18(12)11-4-2-1-3-5-11/h1-10,16,19H. The number of benzene rings is 1. The number of nitrogens with zero attached hydrogens (tertiary/aromatic N) is 2. The van der Waals surface area contributed by atoms with Crippen molar-refractivity contribution in [1.82, 2.24) is 9.78 Å². The first-order valence-corrected chi connectivity index (χ1v) is 8.27. The predicted octanol–water partition coefficient (Wildman–Crippen LogP) is 4.23. The third kappa shape index (κ3) is 2.19. The Bertz CT molecular complexity index is 847. The monoisotopic (exact) mass is 312 g/mol. The van der Waals surface area contributed by atoms with Gasteiger partial charge in [0.1, 0.15) is 6.10 Å². The average Bonchev–Trinajstić information content (AvgIpc) is 3.22. The molecule has 0 amide bonds. The van der Waals surface area contributed by atoms with E-state index in [-0.39, 0.29) is 0 Å². The zero-order valence-corrected chi connectivity index (χ0v) is 12.6. The second-order valence-corrected chi connectivity index (χ2v) is 6.77. The largest absolute Gasteiger partial charge is 0.381 e. The van der Waals surface area contributed by atoms with Crippen LogP contribution in [0.1, 0.15) is 16.7 Å². The molecule has 104 valence electrons. The minimum absolute atomic E-state index is 0.655. The van der Waals surface area contributed by atoms with Gasteiger partial charge in [-0.05, 0) is 35.7 Å². The maximum Gasteiger partial charge on any atom is 0.130 e. The highest BCUT2D eigenvalue weighted by molar-refractivity contribution is 7.26. The number of para-hydroxylation sites is 1. The lowest BCUT2D eigenvalue weighted by atomic mass is 10.2. The fourth-order valence-electron chi connectivity index (χ4n) is 2.37. The number of fused-ring (bicyclic) bond motifs is 1. The van der Waals surface area contributed by atoms with E-state index in [0.717, 1.165) is 16.3 Å². The molecule has 1 aromatic carbocycles. The van der Waals surface area contributed by atoms with E-state index in [1.54, 1.807) is 33.6 Å². The summed E-state index contributed by atoms with van der Waals surface area (Å²) in [5.74, 6) is 0. The molecule has 4 aromatic rings. The van der Waals surface area contributed by atoms with Crippen molar-refractivity contribution in [3.63, 3.8) is 0 Å². The van der Waals surface area contributed by atoms with Crippen LogP contribution in [0.4, 0.5) is 0 Å². The van der Waals surface area contributed by atoms with Crippen LogP contribution in [0.3, 0.4) is 0 Å². The van der Waals surface area contributed by atoms with Crippen molar-refractivity contribution in [2.24, 2.45) is 0 Å². The molecule has 1 N–H and O–H groups in total. The Hall–Kier alpha value is -1.95. The van der Waals surface area contributed by atoms with Gasteiger partial charge in [-0.3, -0.25) is 0 Å². The molecule has 0 aliphatic carbocycles. The number of rotatable bonds is 3. The Balaban J connectivity index is 1.77. The van der Waals surface area contributed by atoms with Crippen molar-refractivity contribution >= 4 is 32.1 Å². The third-order valence-electron chi connectivity index (χ3n) is 3.38. The van der Waals surface area contributed by atoms with E-state index >= 15 is 0 Å². The maximum absolute atomic E-state index is 10.7. The van der Waals surface area contributed by atoms with Gasteiger partial charge in [0, 0.05) is 20.5 Å². The second-order valence-electron chi connectivity index (χ2n) is 4.70. The summed E-state index contributed by atoms with van der Waals surface area (Å²) in [6.45, 7) is 0. The number of aliphatic hydroxyl groups is 1. The quantitative estimate of drug-likeness (QED) is 0.615. The van der Waals surface area contributed by atoms with Gasteiger partial charge in [0.05, 0.1) is 11.4 Å². The van der Waals surface area contributed by atoms with Gasteiger partial charge in [-0.2, -0.15) is 5.10 Å². The zero-order valence-electron chi connectivity index (χ0n) is 11.0. The number of thiophene rings is 2. The lowest BCUT2D eigenvalue weighted by molar-refractivity contribution is 0.216. The van der Waals surface area contributed by atoms with E-state index in [0.29, 0.717) is 0 Å². The zero-order chi connectivity index (χ0) is 14.2. The first kappa shape index (κ1) is 12.8. The van der Waals surface area contributed by atoms with Crippen molar-refractivity contribution in [3.05, 3.63) is 70.7 Å². The van der Waals surface area contributed by atoms with Crippen molar-refractivity contribution in [1.29, 1.82) is 0 Å². The van der Waals surface area contributed by atoms with Gasteiger partial charge >= 0.3 is 0 Å². The van der Waals surface area contributed by atoms with Crippen LogP contribution in [-0.4, -0.2) is 14.9 Å². The Labute approximate surface area is 129 Å². The lowest BCUT2D eigenvalue weighted by Crippen LogP contribution is -2.07. The molecule has 0 aliphatic heterocycles. The van der Waals surface area contributed by atoms with E-state index in [2.05, 4.69) is 22.6 Å². The van der Waals surface area contributed by atoms with Gasteiger partial charge in [-0.25, -0.2) is 4.68 Å². The molecule has 0 spiro atoms. The van der Waals surface area contributed by atoms with E-state index in [9.17, 15) is 5.11 Å². The summed E-state index contributed by atoms with van der Waals surface area (Å²) in [5.41, 5.74) is 1.74. The number of aromatic nitrogens is 2. The summed E-state index contributed by atoms with van der Waals surface area (Å²) in [5, 5.41) is 17.1. The summed E-state index contributed by atoms with van der Waals surface area (Å²) in [4.78, 5) is 0.953. The van der Waals surface area contributed by atoms with Crippen molar-refractivity contribution in [2.45, 2.75) is 6.10 Å². The lowest BCUT2D eigenvalue weighted by Gasteiger charge is -2.12. The normalized spacial score (nSPS) is 12.8. The molecule has 1 atom stereocenters. The molecular weight excluding hydrogens is 300 g/mol. The van der Waals surface area contributed by atoms with Crippen molar-refractivity contribution in [3.8, 4) is 5.69 Å². The number of aliphatic hydroxyl groups excluding tert-OH is 1. The van der Waals surface area contributed by atoms with Gasteiger partial charge in [-0.1, -0.05) is 18.2 Å². The van der Waals surface area contributed by atoms with E-state index in [1.807, 2.05) is 36.4 Å². The van der Waals surface area contributed by atoms with E-state index in [4.69, 9.17) is 0 Å². The molecule has 0 bridgehead atoms. The fraction of sp³-hybridized carbons (Fsp3) is 0.0625. The van der Waals surface area contributed by atoms with Crippen LogP contribution in [-0.2, 0) is 0 Å². The van der Waals surface area contributed by atoms with Crippen LogP contribution < -0.4 is 0 Å². The molecule has 5 heteroatoms. The van der Waals surface area contributed by atoms with Gasteiger partial charge in [0.2, 0.25) is 0 Å². The summed E-state index contributed by atoms with van der Waals surface area (Å²) < 4.78 is 4.23. The summed E-state index contributed by atoms with van der Waals surface area (Å²) in [7, 11) is 0. The predicted molar refractivity (Wildman–Crippen MR) is 87.3 cm³/mol. The van der Waals surface area contributed by atoms with Crippen molar-refractivity contribution in [2.75, 3.05) is 0 Å². The molecule has 1 unspecified atom stereocenters. The molecule has 0 saturated carbocycles. The van der Waals surface area contributed by atoms with E-state index < -0.39 is 6.10 Å². The Kier molecular flexibility index (Phi) is 3.11. The molecule has 3 nitrogen and oxygen atoms in total. The molecular formula is C16H12N2OS2. The molecule has 3 aromatic heterocycles. The van der Waals surface area contributed by atoms with Crippen molar-refractivity contribution < 1.29 is 5.11 Å². The van der Waals surface area contributed by atoms with Gasteiger partial charge < -0.3 is 5.11 Å². The summed E-state index contributed by atoms with van der Waals surface area (Å²) >= 11 is 3.33. The SMILES string of the molecule is OC(c1cc2sccc2s1)c1ccnn1-c1ccccc1. The average molecular weight is 312 g/mol. The molecule has 0 radical (unpaired) electrons. The van der Waals surface area contributed by atoms with E-state index in [1.165, 1.54) is 9.40 Å². The van der Waals surface area contributed by atoms with Gasteiger partial charge in [0.25, 0.3) is 0 Å². The Morgan fingerprint density at radius 1 is 1.05 bits per heavy atom. The smallest absolute Gasteiger partial charge is 0.130 e. The van der Waals surface area contributed by atoms with Crippen LogP contribution >= 0.6 is 22.7 Å². The molecule has 21 heavy (non-hydrogen) atoms. The Morgan fingerprint density at radius 3 is 2.71 bits per heavy atom. The van der Waals surface area contributed by atoms with Crippen LogP contribution in [0.2, 0.25) is 0 Å². The minimum Gasteiger partial charge on any atom is -0.381 e. The highest BCUT2D eigenvalue weighted by Crippen LogP contribution is 2.36. The molecule has 4 rings (SSSR count). The second kappa shape index (κ2) is 5.11. The molecule has 0 fully saturated rings. The minimum atomic E-state index is -0.655. The highest BCUT2D eigenvalue weighted by Gasteiger charge is 2.19. The third-order valence-corrected chi connectivity index (χ3v) is 5.53.